The summed E-state index contributed by atoms with van der Waals surface area (Å²) in [5.74, 6) is -1.23. The van der Waals surface area contributed by atoms with E-state index in [-0.39, 0.29) is 74.3 Å². The number of aliphatic hydroxyl groups is 1. The van der Waals surface area contributed by atoms with Gasteiger partial charge in [-0.15, -0.1) is 20.4 Å². The minimum absolute atomic E-state index is 0.0171. The summed E-state index contributed by atoms with van der Waals surface area (Å²) < 4.78 is 153. The van der Waals surface area contributed by atoms with E-state index in [1.54, 1.807) is 6.92 Å². The van der Waals surface area contributed by atoms with Crippen LogP contribution in [0.25, 0.3) is 34.7 Å². The first kappa shape index (κ1) is 51.9. The number of alkyl halides is 6. The predicted octanol–water partition coefficient (Wildman–Crippen LogP) is 8.56. The summed E-state index contributed by atoms with van der Waals surface area (Å²) in [5, 5.41) is 31.2. The second-order valence-corrected chi connectivity index (χ2v) is 18.7. The van der Waals surface area contributed by atoms with Crippen LogP contribution in [0.15, 0.2) is 104 Å². The maximum atomic E-state index is 13.3. The molecule has 2 aromatic carbocycles. The van der Waals surface area contributed by atoms with Crippen molar-refractivity contribution in [2.24, 2.45) is 0 Å². The number of halogens is 10. The zero-order chi connectivity index (χ0) is 51.6. The van der Waals surface area contributed by atoms with Gasteiger partial charge in [0, 0.05) is 24.5 Å². The summed E-state index contributed by atoms with van der Waals surface area (Å²) in [6, 6.07) is 9.36. The van der Waals surface area contributed by atoms with Crippen molar-refractivity contribution in [3.63, 3.8) is 0 Å². The number of aromatic nitrogens is 10. The van der Waals surface area contributed by atoms with Gasteiger partial charge < -0.3 is 18.9 Å². The van der Waals surface area contributed by atoms with Gasteiger partial charge in [0.25, 0.3) is 20.0 Å². The topological polar surface area (TPSA) is 278 Å². The van der Waals surface area contributed by atoms with Crippen LogP contribution in [0, 0.1) is 0 Å². The van der Waals surface area contributed by atoms with Crippen molar-refractivity contribution in [2.75, 3.05) is 16.1 Å². The van der Waals surface area contributed by atoms with Crippen molar-refractivity contribution < 1.29 is 66.9 Å². The summed E-state index contributed by atoms with van der Waals surface area (Å²) in [6.07, 6.45) is -4.98. The fraction of sp³-hybridized carbons (Fsp3) is 0.132. The van der Waals surface area contributed by atoms with Crippen molar-refractivity contribution in [3.8, 4) is 34.7 Å². The average molecular weight is 1110 g/mol. The highest BCUT2D eigenvalue weighted by Crippen LogP contribution is 2.39. The van der Waals surface area contributed by atoms with Gasteiger partial charge in [-0.2, -0.15) is 26.3 Å². The Morgan fingerprint density at radius 2 is 1.13 bits per heavy atom. The SMILES string of the molecule is CCOC(=O)c1nnc(-c2ncc(Cl)cc2NS(=O)(=O)c2ccc(Cl)c(C(F)(F)F)c2)n1-c1ccon1.O=S(=O)(Nc1cc(Cl)cnc1-c1nnc(CO)n1-c1ccon1)c1ccc(Cl)c(C(F)(F)F)c1. The maximum Gasteiger partial charge on any atom is 0.417 e. The molecule has 0 amide bonds. The largest absolute Gasteiger partial charge is 0.460 e. The number of hydrogen-bond acceptors (Lipinski definition) is 17. The number of hydrogen-bond donors (Lipinski definition) is 3. The number of aliphatic hydroxyl groups excluding tert-OH is 1. The molecule has 71 heavy (non-hydrogen) atoms. The van der Waals surface area contributed by atoms with Crippen LogP contribution in [0.2, 0.25) is 20.1 Å². The molecule has 0 fully saturated rings. The van der Waals surface area contributed by atoms with E-state index in [9.17, 15) is 53.1 Å². The van der Waals surface area contributed by atoms with Gasteiger partial charge in [0.05, 0.1) is 59.0 Å². The van der Waals surface area contributed by atoms with Gasteiger partial charge in [-0.25, -0.2) is 36.2 Å². The van der Waals surface area contributed by atoms with E-state index in [0.29, 0.717) is 12.1 Å². The van der Waals surface area contributed by atoms with Crippen molar-refractivity contribution in [1.29, 1.82) is 0 Å². The highest BCUT2D eigenvalue weighted by molar-refractivity contribution is 7.93. The van der Waals surface area contributed by atoms with Crippen LogP contribution in [-0.4, -0.2) is 84.3 Å². The lowest BCUT2D eigenvalue weighted by atomic mass is 10.2. The molecular formula is C38H24Cl4F6N12O9S2. The smallest absolute Gasteiger partial charge is 0.417 e. The van der Waals surface area contributed by atoms with E-state index in [2.05, 4.69) is 50.1 Å². The molecule has 372 valence electrons. The van der Waals surface area contributed by atoms with E-state index in [4.69, 9.17) is 60.2 Å². The van der Waals surface area contributed by atoms with Crippen LogP contribution in [0.5, 0.6) is 0 Å². The number of nitrogens with one attached hydrogen (secondary N) is 2. The molecule has 6 heterocycles. The van der Waals surface area contributed by atoms with Crippen LogP contribution < -0.4 is 9.44 Å². The zero-order valence-corrected chi connectivity index (χ0v) is 39.4. The summed E-state index contributed by atoms with van der Waals surface area (Å²) >= 11 is 23.2. The van der Waals surface area contributed by atoms with Gasteiger partial charge in [0.2, 0.25) is 5.82 Å². The Bertz CT molecular complexity index is 3490. The van der Waals surface area contributed by atoms with E-state index < -0.39 is 75.9 Å². The van der Waals surface area contributed by atoms with Crippen molar-refractivity contribution >= 4 is 83.8 Å². The Kier molecular flexibility index (Phi) is 15.0. The molecule has 6 aromatic heterocycles. The Labute approximate surface area is 413 Å². The van der Waals surface area contributed by atoms with E-state index in [1.807, 2.05) is 0 Å². The second-order valence-electron chi connectivity index (χ2n) is 13.6. The average Bonchev–Trinajstić information content (AvgIpc) is 4.14. The Morgan fingerprint density at radius 3 is 1.55 bits per heavy atom. The van der Waals surface area contributed by atoms with Crippen LogP contribution in [0.1, 0.15) is 34.5 Å². The third kappa shape index (κ3) is 11.3. The number of benzene rings is 2. The monoisotopic (exact) mass is 1110 g/mol. The number of pyridine rings is 2. The molecule has 3 N–H and O–H groups in total. The Hall–Kier alpha value is -6.89. The number of carbonyl (C=O) groups is 1. The van der Waals surface area contributed by atoms with Crippen molar-refractivity contribution in [3.05, 3.63) is 128 Å². The van der Waals surface area contributed by atoms with Gasteiger partial charge in [0.1, 0.15) is 30.5 Å². The summed E-state index contributed by atoms with van der Waals surface area (Å²) in [4.78, 5) is 19.2. The maximum absolute atomic E-state index is 13.3. The molecule has 0 atom stereocenters. The number of anilines is 2. The van der Waals surface area contributed by atoms with Crippen molar-refractivity contribution in [2.45, 2.75) is 35.7 Å². The Balaban J connectivity index is 0.000000209. The first-order chi connectivity index (χ1) is 33.4. The van der Waals surface area contributed by atoms with Gasteiger partial charge in [0.15, 0.2) is 29.1 Å². The minimum atomic E-state index is -4.90. The standard InChI is InChI=1S/C20H13Cl2F3N6O5S.C18H11Cl2F3N6O4S/c1-2-35-19(32)18-28-27-17(31(18)15-5-6-36-29-15)16-14(7-10(21)9-26-16)30-37(33,34)11-3-4-13(22)12(8-11)20(23,24)25;19-9-5-13(28-34(31,32)10-1-2-12(20)11(6-10)18(21,22)23)16(24-7-9)17-26-25-15(8-30)29(17)14-3-4-33-27-14/h3-9,30H,2H2,1H3;1-7,28,30H,8H2. The molecule has 0 aliphatic rings. The molecule has 21 nitrogen and oxygen atoms in total. The molecule has 0 saturated heterocycles. The first-order valence-corrected chi connectivity index (χ1v) is 23.5. The number of ether oxygens (including phenoxy) is 1. The van der Waals surface area contributed by atoms with Crippen LogP contribution in [0.4, 0.5) is 37.7 Å². The first-order valence-electron chi connectivity index (χ1n) is 19.0. The summed E-state index contributed by atoms with van der Waals surface area (Å²) in [5.41, 5.74) is -3.47. The fourth-order valence-electron chi connectivity index (χ4n) is 6.01. The third-order valence-electron chi connectivity index (χ3n) is 9.03. The zero-order valence-electron chi connectivity index (χ0n) is 34.8. The minimum Gasteiger partial charge on any atom is -0.460 e. The molecule has 0 bridgehead atoms. The molecule has 8 rings (SSSR count). The molecule has 8 aromatic rings. The third-order valence-corrected chi connectivity index (χ3v) is 12.8. The van der Waals surface area contributed by atoms with E-state index in [1.165, 1.54) is 41.5 Å². The van der Waals surface area contributed by atoms with Gasteiger partial charge in [-0.3, -0.25) is 14.0 Å². The van der Waals surface area contributed by atoms with Gasteiger partial charge in [-0.05, 0) is 55.5 Å². The number of esters is 1. The van der Waals surface area contributed by atoms with Crippen LogP contribution in [-0.2, 0) is 43.7 Å². The molecule has 0 radical (unpaired) electrons. The highest BCUT2D eigenvalue weighted by atomic mass is 35.5. The fourth-order valence-corrected chi connectivity index (χ4v) is 8.95. The van der Waals surface area contributed by atoms with Crippen molar-refractivity contribution in [1.82, 2.24) is 49.8 Å². The molecular weight excluding hydrogens is 1090 g/mol. The highest BCUT2D eigenvalue weighted by Gasteiger charge is 2.36. The summed E-state index contributed by atoms with van der Waals surface area (Å²) in [7, 11) is -9.21. The van der Waals surface area contributed by atoms with Gasteiger partial charge >= 0.3 is 18.3 Å². The number of carbonyl (C=O) groups excluding carboxylic acids is 1. The number of sulfonamides is 2. The molecule has 33 heteroatoms. The molecule has 0 spiro atoms. The lowest BCUT2D eigenvalue weighted by Gasteiger charge is -2.14. The number of nitrogens with zero attached hydrogens (tertiary/aromatic N) is 10. The summed E-state index contributed by atoms with van der Waals surface area (Å²) in [6.45, 7) is 1.04. The lowest BCUT2D eigenvalue weighted by molar-refractivity contribution is -0.138. The predicted molar refractivity (Wildman–Crippen MR) is 236 cm³/mol. The second kappa shape index (κ2) is 20.4. The van der Waals surface area contributed by atoms with Gasteiger partial charge in [-0.1, -0.05) is 56.7 Å². The quantitative estimate of drug-likeness (QED) is 0.0720. The molecule has 0 unspecified atom stereocenters. The Morgan fingerprint density at radius 1 is 0.676 bits per heavy atom. The molecule has 0 aliphatic carbocycles. The van der Waals surface area contributed by atoms with E-state index >= 15 is 0 Å². The lowest BCUT2D eigenvalue weighted by Crippen LogP contribution is -2.17. The molecule has 0 saturated carbocycles. The normalized spacial score (nSPS) is 12.1. The molecule has 0 aliphatic heterocycles. The van der Waals surface area contributed by atoms with Crippen LogP contribution >= 0.6 is 46.4 Å². The van der Waals surface area contributed by atoms with Crippen LogP contribution in [0.3, 0.4) is 0 Å². The van der Waals surface area contributed by atoms with E-state index in [0.717, 1.165) is 41.1 Å². The number of rotatable bonds is 13.